The van der Waals surface area contributed by atoms with Crippen molar-refractivity contribution in [3.8, 4) is 0 Å². The lowest BCUT2D eigenvalue weighted by atomic mass is 10.1. The largest absolute Gasteiger partial charge is 0.480 e. The number of nitrogens with one attached hydrogen (secondary N) is 1. The predicted molar refractivity (Wildman–Crippen MR) is 72.4 cm³/mol. The molecule has 2 amide bonds. The van der Waals surface area contributed by atoms with Crippen LogP contribution in [0.3, 0.4) is 0 Å². The number of ether oxygens (including phenoxy) is 1. The zero-order chi connectivity index (χ0) is 13.8. The molecule has 2 fully saturated rings. The van der Waals surface area contributed by atoms with Crippen molar-refractivity contribution >= 4 is 23.8 Å². The maximum absolute atomic E-state index is 12.2. The Morgan fingerprint density at radius 2 is 2.32 bits per heavy atom. The van der Waals surface area contributed by atoms with E-state index in [-0.39, 0.29) is 18.2 Å². The van der Waals surface area contributed by atoms with Crippen LogP contribution in [0.2, 0.25) is 0 Å². The zero-order valence-electron chi connectivity index (χ0n) is 11.0. The van der Waals surface area contributed by atoms with Gasteiger partial charge in [0.05, 0.1) is 12.1 Å². The minimum Gasteiger partial charge on any atom is -0.480 e. The third-order valence-electron chi connectivity index (χ3n) is 3.55. The van der Waals surface area contributed by atoms with E-state index in [4.69, 9.17) is 9.84 Å². The minimum atomic E-state index is -0.938. The van der Waals surface area contributed by atoms with Crippen LogP contribution >= 0.6 is 11.8 Å². The van der Waals surface area contributed by atoms with E-state index < -0.39 is 12.0 Å². The van der Waals surface area contributed by atoms with Gasteiger partial charge in [0.1, 0.15) is 6.04 Å². The summed E-state index contributed by atoms with van der Waals surface area (Å²) in [5.41, 5.74) is 0. The fourth-order valence-electron chi connectivity index (χ4n) is 2.42. The van der Waals surface area contributed by atoms with E-state index >= 15 is 0 Å². The van der Waals surface area contributed by atoms with E-state index in [0.29, 0.717) is 12.3 Å². The number of rotatable bonds is 3. The Morgan fingerprint density at radius 1 is 1.53 bits per heavy atom. The Labute approximate surface area is 116 Å². The SMILES string of the molecule is CC(NC(=O)N1CCSCC1C(=O)O)C1CCCO1. The first kappa shape index (κ1) is 14.5. The molecule has 2 N–H and O–H groups in total. The van der Waals surface area contributed by atoms with Crippen molar-refractivity contribution in [2.45, 2.75) is 38.0 Å². The second kappa shape index (κ2) is 6.47. The van der Waals surface area contributed by atoms with Crippen LogP contribution in [0.5, 0.6) is 0 Å². The molecular weight excluding hydrogens is 268 g/mol. The van der Waals surface area contributed by atoms with Gasteiger partial charge in [0.2, 0.25) is 0 Å². The number of aliphatic carboxylic acids is 1. The van der Waals surface area contributed by atoms with E-state index in [9.17, 15) is 9.59 Å². The molecule has 0 aromatic carbocycles. The van der Waals surface area contributed by atoms with Gasteiger partial charge in [-0.2, -0.15) is 11.8 Å². The molecule has 0 aliphatic carbocycles. The molecule has 0 spiro atoms. The fourth-order valence-corrected chi connectivity index (χ4v) is 3.46. The number of carboxylic acid groups (broad SMARTS) is 1. The first-order chi connectivity index (χ1) is 9.09. The van der Waals surface area contributed by atoms with Crippen molar-refractivity contribution in [2.24, 2.45) is 0 Å². The average molecular weight is 288 g/mol. The Hall–Kier alpha value is -0.950. The topological polar surface area (TPSA) is 78.9 Å². The van der Waals surface area contributed by atoms with Gasteiger partial charge in [-0.25, -0.2) is 9.59 Å². The van der Waals surface area contributed by atoms with Gasteiger partial charge in [-0.15, -0.1) is 0 Å². The minimum absolute atomic E-state index is 0.0476. The molecule has 3 unspecified atom stereocenters. The average Bonchev–Trinajstić information content (AvgIpc) is 2.92. The lowest BCUT2D eigenvalue weighted by Crippen LogP contribution is -2.56. The molecule has 3 atom stereocenters. The molecule has 6 nitrogen and oxygen atoms in total. The quantitative estimate of drug-likeness (QED) is 0.802. The van der Waals surface area contributed by atoms with Gasteiger partial charge in [0, 0.05) is 24.7 Å². The number of carbonyl (C=O) groups excluding carboxylic acids is 1. The van der Waals surface area contributed by atoms with Crippen molar-refractivity contribution in [1.29, 1.82) is 0 Å². The maximum Gasteiger partial charge on any atom is 0.327 e. The maximum atomic E-state index is 12.2. The van der Waals surface area contributed by atoms with Crippen LogP contribution in [0.4, 0.5) is 4.79 Å². The molecule has 2 heterocycles. The lowest BCUT2D eigenvalue weighted by molar-refractivity contribution is -0.141. The van der Waals surface area contributed by atoms with Gasteiger partial charge in [-0.3, -0.25) is 0 Å². The molecule has 0 aromatic rings. The van der Waals surface area contributed by atoms with Crippen molar-refractivity contribution < 1.29 is 19.4 Å². The molecule has 0 aromatic heterocycles. The first-order valence-corrected chi connectivity index (χ1v) is 7.74. The Bertz CT molecular complexity index is 347. The summed E-state index contributed by atoms with van der Waals surface area (Å²) < 4.78 is 5.52. The van der Waals surface area contributed by atoms with Crippen molar-refractivity contribution in [3.05, 3.63) is 0 Å². The molecular formula is C12H20N2O4S. The smallest absolute Gasteiger partial charge is 0.327 e. The summed E-state index contributed by atoms with van der Waals surface area (Å²) in [5.74, 6) is 0.301. The van der Waals surface area contributed by atoms with Crippen LogP contribution in [0, 0.1) is 0 Å². The van der Waals surface area contributed by atoms with E-state index in [2.05, 4.69) is 5.32 Å². The lowest BCUT2D eigenvalue weighted by Gasteiger charge is -2.34. The van der Waals surface area contributed by atoms with Crippen molar-refractivity contribution in [2.75, 3.05) is 24.7 Å². The second-order valence-electron chi connectivity index (χ2n) is 4.91. The summed E-state index contributed by atoms with van der Waals surface area (Å²) in [5, 5.41) is 12.0. The van der Waals surface area contributed by atoms with Crippen LogP contribution in [0.1, 0.15) is 19.8 Å². The number of carbonyl (C=O) groups is 2. The van der Waals surface area contributed by atoms with E-state index in [1.165, 1.54) is 4.90 Å². The fraction of sp³-hybridized carbons (Fsp3) is 0.833. The van der Waals surface area contributed by atoms with Crippen molar-refractivity contribution in [1.82, 2.24) is 10.2 Å². The molecule has 0 bridgehead atoms. The number of thioether (sulfide) groups is 1. The van der Waals surface area contributed by atoms with Gasteiger partial charge >= 0.3 is 12.0 Å². The highest BCUT2D eigenvalue weighted by atomic mass is 32.2. The Balaban J connectivity index is 1.91. The van der Waals surface area contributed by atoms with E-state index in [0.717, 1.165) is 25.2 Å². The van der Waals surface area contributed by atoms with Gasteiger partial charge < -0.3 is 20.1 Å². The molecule has 0 saturated carbocycles. The summed E-state index contributed by atoms with van der Waals surface area (Å²) in [6.07, 6.45) is 2.01. The summed E-state index contributed by atoms with van der Waals surface area (Å²) in [6.45, 7) is 3.12. The number of urea groups is 1. The highest BCUT2D eigenvalue weighted by Gasteiger charge is 2.34. The highest BCUT2D eigenvalue weighted by molar-refractivity contribution is 7.99. The highest BCUT2D eigenvalue weighted by Crippen LogP contribution is 2.19. The van der Waals surface area contributed by atoms with E-state index in [1.807, 2.05) is 6.92 Å². The first-order valence-electron chi connectivity index (χ1n) is 6.59. The van der Waals surface area contributed by atoms with Crippen molar-refractivity contribution in [3.63, 3.8) is 0 Å². The molecule has 2 aliphatic rings. The summed E-state index contributed by atoms with van der Waals surface area (Å²) in [4.78, 5) is 24.7. The molecule has 108 valence electrons. The number of amides is 2. The summed E-state index contributed by atoms with van der Waals surface area (Å²) >= 11 is 1.57. The summed E-state index contributed by atoms with van der Waals surface area (Å²) in [6, 6.07) is -1.11. The molecule has 0 radical (unpaired) electrons. The van der Waals surface area contributed by atoms with Crippen LogP contribution in [0.25, 0.3) is 0 Å². The zero-order valence-corrected chi connectivity index (χ0v) is 11.8. The van der Waals surface area contributed by atoms with Crippen LogP contribution < -0.4 is 5.32 Å². The normalized spacial score (nSPS) is 29.0. The molecule has 7 heteroatoms. The molecule has 2 aliphatic heterocycles. The third-order valence-corrected chi connectivity index (χ3v) is 4.57. The van der Waals surface area contributed by atoms with Gasteiger partial charge in [0.25, 0.3) is 0 Å². The van der Waals surface area contributed by atoms with Gasteiger partial charge in [-0.05, 0) is 19.8 Å². The number of carboxylic acids is 1. The van der Waals surface area contributed by atoms with Gasteiger partial charge in [0.15, 0.2) is 0 Å². The molecule has 19 heavy (non-hydrogen) atoms. The third kappa shape index (κ3) is 3.54. The Morgan fingerprint density at radius 3 is 2.95 bits per heavy atom. The van der Waals surface area contributed by atoms with Gasteiger partial charge in [-0.1, -0.05) is 0 Å². The number of nitrogens with zero attached hydrogens (tertiary/aromatic N) is 1. The molecule has 2 rings (SSSR count). The standard InChI is InChI=1S/C12H20N2O4S/c1-8(10-3-2-5-18-10)13-12(17)14-4-6-19-7-9(14)11(15)16/h8-10H,2-7H2,1H3,(H,13,17)(H,15,16). The summed E-state index contributed by atoms with van der Waals surface area (Å²) in [7, 11) is 0. The predicted octanol–water partition coefficient (Wildman–Crippen LogP) is 0.765. The monoisotopic (exact) mass is 288 g/mol. The molecule has 2 saturated heterocycles. The van der Waals surface area contributed by atoms with Crippen LogP contribution in [0.15, 0.2) is 0 Å². The van der Waals surface area contributed by atoms with E-state index in [1.54, 1.807) is 11.8 Å². The van der Waals surface area contributed by atoms with Crippen LogP contribution in [-0.4, -0.2) is 64.9 Å². The number of hydrogen-bond donors (Lipinski definition) is 2. The number of hydrogen-bond acceptors (Lipinski definition) is 4. The second-order valence-corrected chi connectivity index (χ2v) is 6.06. The van der Waals surface area contributed by atoms with Crippen LogP contribution in [-0.2, 0) is 9.53 Å². The Kier molecular flexibility index (Phi) is 4.93.